The molecule has 1 saturated heterocycles. The van der Waals surface area contributed by atoms with Crippen LogP contribution in [0.15, 0.2) is 30.3 Å². The Balaban J connectivity index is 1.96. The summed E-state index contributed by atoms with van der Waals surface area (Å²) in [5.74, 6) is 0. The van der Waals surface area contributed by atoms with Crippen LogP contribution in [-0.4, -0.2) is 36.2 Å². The molecule has 1 aliphatic heterocycles. The van der Waals surface area contributed by atoms with Gasteiger partial charge in [-0.25, -0.2) is 4.79 Å². The second-order valence-electron chi connectivity index (χ2n) is 7.30. The van der Waals surface area contributed by atoms with Gasteiger partial charge in [0.15, 0.2) is 0 Å². The third kappa shape index (κ3) is 6.61. The van der Waals surface area contributed by atoms with Gasteiger partial charge in [-0.3, -0.25) is 0 Å². The summed E-state index contributed by atoms with van der Waals surface area (Å²) in [6.45, 7) is 9.02. The molecule has 0 saturated carbocycles. The standard InChI is InChI=1S/C19H30N2O2/c1-19(2,3)23-18(22)20-17(16-10-6-4-7-11-16)12-15-21-13-8-5-9-14-21/h4,6-7,10-11,17H,5,8-9,12-15H2,1-3H3,(H,20,22). The topological polar surface area (TPSA) is 41.6 Å². The molecule has 0 spiro atoms. The average molecular weight is 318 g/mol. The number of benzene rings is 1. The molecule has 128 valence electrons. The fourth-order valence-electron chi connectivity index (χ4n) is 2.95. The van der Waals surface area contributed by atoms with Gasteiger partial charge in [0.2, 0.25) is 0 Å². The lowest BCUT2D eigenvalue weighted by Gasteiger charge is -2.29. The Labute approximate surface area is 140 Å². The number of piperidine rings is 1. The van der Waals surface area contributed by atoms with Crippen LogP contribution in [0.3, 0.4) is 0 Å². The highest BCUT2D eigenvalue weighted by atomic mass is 16.6. The zero-order chi connectivity index (χ0) is 16.7. The number of rotatable bonds is 5. The quantitative estimate of drug-likeness (QED) is 0.887. The number of ether oxygens (including phenoxy) is 1. The number of carbonyl (C=O) groups is 1. The molecule has 1 unspecified atom stereocenters. The van der Waals surface area contributed by atoms with Gasteiger partial charge in [0.1, 0.15) is 5.60 Å². The Morgan fingerprint density at radius 2 is 1.83 bits per heavy atom. The molecule has 0 aromatic heterocycles. The van der Waals surface area contributed by atoms with E-state index in [2.05, 4.69) is 22.3 Å². The van der Waals surface area contributed by atoms with Crippen LogP contribution >= 0.6 is 0 Å². The Kier molecular flexibility index (Phi) is 6.46. The number of carbonyl (C=O) groups excluding carboxylic acids is 1. The van der Waals surface area contributed by atoms with Gasteiger partial charge in [-0.15, -0.1) is 0 Å². The summed E-state index contributed by atoms with van der Waals surface area (Å²) in [5.41, 5.74) is 0.661. The lowest BCUT2D eigenvalue weighted by atomic mass is 10.0. The molecule has 4 heteroatoms. The van der Waals surface area contributed by atoms with E-state index in [4.69, 9.17) is 4.74 Å². The highest BCUT2D eigenvalue weighted by molar-refractivity contribution is 5.68. The maximum atomic E-state index is 12.1. The first-order chi connectivity index (χ1) is 10.9. The Hall–Kier alpha value is -1.55. The number of hydrogen-bond acceptors (Lipinski definition) is 3. The lowest BCUT2D eigenvalue weighted by Crippen LogP contribution is -2.37. The van der Waals surface area contributed by atoms with Crippen molar-refractivity contribution in [2.24, 2.45) is 0 Å². The predicted octanol–water partition coefficient (Wildman–Crippen LogP) is 4.13. The molecule has 0 radical (unpaired) electrons. The van der Waals surface area contributed by atoms with Crippen LogP contribution in [0.1, 0.15) is 58.1 Å². The van der Waals surface area contributed by atoms with Crippen LogP contribution in [0.2, 0.25) is 0 Å². The largest absolute Gasteiger partial charge is 0.444 e. The van der Waals surface area contributed by atoms with Crippen molar-refractivity contribution < 1.29 is 9.53 Å². The lowest BCUT2D eigenvalue weighted by molar-refractivity contribution is 0.0497. The molecule has 1 aliphatic rings. The molecule has 1 aromatic rings. The minimum Gasteiger partial charge on any atom is -0.444 e. The molecular formula is C19H30N2O2. The monoisotopic (exact) mass is 318 g/mol. The summed E-state index contributed by atoms with van der Waals surface area (Å²) in [6.07, 6.45) is 4.48. The highest BCUT2D eigenvalue weighted by Gasteiger charge is 2.21. The van der Waals surface area contributed by atoms with Crippen molar-refractivity contribution in [3.63, 3.8) is 0 Å². The average Bonchev–Trinajstić information content (AvgIpc) is 2.51. The van der Waals surface area contributed by atoms with Crippen LogP contribution in [0.25, 0.3) is 0 Å². The molecule has 23 heavy (non-hydrogen) atoms. The van der Waals surface area contributed by atoms with Crippen LogP contribution in [0.5, 0.6) is 0 Å². The predicted molar refractivity (Wildman–Crippen MR) is 93.5 cm³/mol. The maximum Gasteiger partial charge on any atom is 0.408 e. The van der Waals surface area contributed by atoms with E-state index in [0.717, 1.165) is 18.5 Å². The van der Waals surface area contributed by atoms with E-state index in [-0.39, 0.29) is 12.1 Å². The molecule has 1 atom stereocenters. The van der Waals surface area contributed by atoms with E-state index in [9.17, 15) is 4.79 Å². The maximum absolute atomic E-state index is 12.1. The summed E-state index contributed by atoms with van der Waals surface area (Å²) in [4.78, 5) is 14.6. The Morgan fingerprint density at radius 3 is 2.43 bits per heavy atom. The van der Waals surface area contributed by atoms with Crippen molar-refractivity contribution in [2.45, 2.75) is 58.1 Å². The van der Waals surface area contributed by atoms with Gasteiger partial charge in [-0.1, -0.05) is 36.8 Å². The summed E-state index contributed by atoms with van der Waals surface area (Å²) in [7, 11) is 0. The number of nitrogens with one attached hydrogen (secondary N) is 1. The van der Waals surface area contributed by atoms with Crippen molar-refractivity contribution in [3.05, 3.63) is 35.9 Å². The molecular weight excluding hydrogens is 288 g/mol. The van der Waals surface area contributed by atoms with Gasteiger partial charge in [0, 0.05) is 6.54 Å². The van der Waals surface area contributed by atoms with Gasteiger partial charge in [-0.05, 0) is 58.7 Å². The molecule has 1 N–H and O–H groups in total. The summed E-state index contributed by atoms with van der Waals surface area (Å²) < 4.78 is 5.42. The first kappa shape index (κ1) is 17.8. The second-order valence-corrected chi connectivity index (χ2v) is 7.30. The van der Waals surface area contributed by atoms with Crippen LogP contribution in [0, 0.1) is 0 Å². The molecule has 1 heterocycles. The molecule has 1 fully saturated rings. The fraction of sp³-hybridized carbons (Fsp3) is 0.632. The number of likely N-dealkylation sites (tertiary alicyclic amines) is 1. The number of hydrogen-bond donors (Lipinski definition) is 1. The minimum atomic E-state index is -0.474. The van der Waals surface area contributed by atoms with E-state index < -0.39 is 5.60 Å². The number of nitrogens with zero attached hydrogens (tertiary/aromatic N) is 1. The van der Waals surface area contributed by atoms with E-state index in [1.54, 1.807) is 0 Å². The Bertz CT molecular complexity index is 476. The van der Waals surface area contributed by atoms with Gasteiger partial charge >= 0.3 is 6.09 Å². The SMILES string of the molecule is CC(C)(C)OC(=O)NC(CCN1CCCCC1)c1ccccc1. The molecule has 2 rings (SSSR count). The third-order valence-electron chi connectivity index (χ3n) is 4.08. The van der Waals surface area contributed by atoms with Gasteiger partial charge in [0.25, 0.3) is 0 Å². The fourth-order valence-corrected chi connectivity index (χ4v) is 2.95. The van der Waals surface area contributed by atoms with E-state index in [1.807, 2.05) is 39.0 Å². The van der Waals surface area contributed by atoms with Gasteiger partial charge < -0.3 is 15.0 Å². The van der Waals surface area contributed by atoms with Gasteiger partial charge in [-0.2, -0.15) is 0 Å². The summed E-state index contributed by atoms with van der Waals surface area (Å²) in [5, 5.41) is 3.04. The van der Waals surface area contributed by atoms with Crippen LogP contribution in [-0.2, 0) is 4.74 Å². The first-order valence-electron chi connectivity index (χ1n) is 8.71. The van der Waals surface area contributed by atoms with Crippen molar-refractivity contribution in [1.29, 1.82) is 0 Å². The smallest absolute Gasteiger partial charge is 0.408 e. The highest BCUT2D eigenvalue weighted by Crippen LogP contribution is 2.19. The molecule has 4 nitrogen and oxygen atoms in total. The molecule has 1 aromatic carbocycles. The molecule has 0 aliphatic carbocycles. The number of alkyl carbamates (subject to hydrolysis) is 1. The minimum absolute atomic E-state index is 0.00650. The van der Waals surface area contributed by atoms with Crippen molar-refractivity contribution >= 4 is 6.09 Å². The summed E-state index contributed by atoms with van der Waals surface area (Å²) >= 11 is 0. The van der Waals surface area contributed by atoms with Crippen LogP contribution in [0.4, 0.5) is 4.79 Å². The zero-order valence-corrected chi connectivity index (χ0v) is 14.7. The van der Waals surface area contributed by atoms with Crippen LogP contribution < -0.4 is 5.32 Å². The summed E-state index contributed by atoms with van der Waals surface area (Å²) in [6, 6.07) is 10.2. The Morgan fingerprint density at radius 1 is 1.17 bits per heavy atom. The zero-order valence-electron chi connectivity index (χ0n) is 14.7. The van der Waals surface area contributed by atoms with E-state index >= 15 is 0 Å². The van der Waals surface area contributed by atoms with Crippen molar-refractivity contribution in [3.8, 4) is 0 Å². The van der Waals surface area contributed by atoms with Crippen molar-refractivity contribution in [1.82, 2.24) is 10.2 Å². The number of amides is 1. The molecule has 0 bridgehead atoms. The van der Waals surface area contributed by atoms with Gasteiger partial charge in [0.05, 0.1) is 6.04 Å². The first-order valence-corrected chi connectivity index (χ1v) is 8.71. The normalized spacial score (nSPS) is 17.5. The third-order valence-corrected chi connectivity index (χ3v) is 4.08. The van der Waals surface area contributed by atoms with E-state index in [1.165, 1.54) is 32.4 Å². The second kappa shape index (κ2) is 8.34. The molecule has 1 amide bonds. The van der Waals surface area contributed by atoms with E-state index in [0.29, 0.717) is 0 Å². The van der Waals surface area contributed by atoms with Crippen molar-refractivity contribution in [2.75, 3.05) is 19.6 Å².